The summed E-state index contributed by atoms with van der Waals surface area (Å²) < 4.78 is 38.6. The van der Waals surface area contributed by atoms with Crippen molar-refractivity contribution in [3.63, 3.8) is 0 Å². The number of aliphatic hydroxyl groups is 1. The predicted molar refractivity (Wildman–Crippen MR) is 74.8 cm³/mol. The number of halogens is 3. The van der Waals surface area contributed by atoms with E-state index in [1.807, 2.05) is 0 Å². The molecule has 3 aliphatic carbocycles. The minimum Gasteiger partial charge on any atom is -0.396 e. The van der Waals surface area contributed by atoms with E-state index in [9.17, 15) is 23.1 Å². The van der Waals surface area contributed by atoms with Crippen LogP contribution in [-0.4, -0.2) is 29.8 Å². The maximum Gasteiger partial charge on any atom is 0.391 e. The number of aliphatic hydroxyl groups excluding tert-OH is 1. The normalized spacial score (nSPS) is 41.6. The van der Waals surface area contributed by atoms with Gasteiger partial charge < -0.3 is 10.4 Å². The summed E-state index contributed by atoms with van der Waals surface area (Å²) in [5.74, 6) is -1.15. The molecule has 2 bridgehead atoms. The summed E-state index contributed by atoms with van der Waals surface area (Å²) in [6.45, 7) is 0.0575. The number of carbonyl (C=O) groups is 1. The molecule has 0 aromatic carbocycles. The molecule has 0 radical (unpaired) electrons. The number of alkyl halides is 3. The number of hydrogen-bond acceptors (Lipinski definition) is 2. The summed E-state index contributed by atoms with van der Waals surface area (Å²) in [6.07, 6.45) is 0.0564. The van der Waals surface area contributed by atoms with Crippen molar-refractivity contribution in [3.05, 3.63) is 0 Å². The van der Waals surface area contributed by atoms with Gasteiger partial charge in [0.2, 0.25) is 5.91 Å². The first-order valence-corrected chi connectivity index (χ1v) is 8.38. The van der Waals surface area contributed by atoms with Gasteiger partial charge in [-0.15, -0.1) is 0 Å². The molecule has 6 heteroatoms. The fraction of sp³-hybridized carbons (Fsp3) is 0.938. The van der Waals surface area contributed by atoms with Crippen LogP contribution in [0.2, 0.25) is 0 Å². The Balaban J connectivity index is 1.60. The molecular weight excluding hydrogens is 295 g/mol. The molecule has 3 fully saturated rings. The molecule has 0 aliphatic heterocycles. The molecule has 0 aromatic heterocycles. The minimum atomic E-state index is -4.20. The van der Waals surface area contributed by atoms with E-state index >= 15 is 0 Å². The predicted octanol–water partition coefficient (Wildman–Crippen LogP) is 2.88. The molecule has 6 atom stereocenters. The lowest BCUT2D eigenvalue weighted by Crippen LogP contribution is -2.48. The lowest BCUT2D eigenvalue weighted by molar-refractivity contribution is -0.186. The third-order valence-corrected chi connectivity index (χ3v) is 6.12. The van der Waals surface area contributed by atoms with E-state index < -0.39 is 18.0 Å². The quantitative estimate of drug-likeness (QED) is 0.840. The molecule has 3 rings (SSSR count). The van der Waals surface area contributed by atoms with Gasteiger partial charge >= 0.3 is 6.18 Å². The summed E-state index contributed by atoms with van der Waals surface area (Å²) in [4.78, 5) is 12.4. The number of carbonyl (C=O) groups excluding carboxylic acids is 1. The van der Waals surface area contributed by atoms with E-state index in [0.717, 1.165) is 19.3 Å². The first-order chi connectivity index (χ1) is 10.4. The van der Waals surface area contributed by atoms with Gasteiger partial charge in [-0.2, -0.15) is 13.2 Å². The van der Waals surface area contributed by atoms with Gasteiger partial charge in [0.05, 0.1) is 5.92 Å². The Kier molecular flexibility index (Phi) is 4.40. The molecule has 0 saturated heterocycles. The molecule has 1 amide bonds. The first-order valence-electron chi connectivity index (χ1n) is 8.38. The van der Waals surface area contributed by atoms with Crippen molar-refractivity contribution in [1.82, 2.24) is 5.32 Å². The van der Waals surface area contributed by atoms with E-state index in [1.54, 1.807) is 0 Å². The van der Waals surface area contributed by atoms with Crippen LogP contribution in [0.1, 0.15) is 44.9 Å². The van der Waals surface area contributed by atoms with Crippen LogP contribution >= 0.6 is 0 Å². The van der Waals surface area contributed by atoms with Gasteiger partial charge in [0.15, 0.2) is 0 Å². The summed E-state index contributed by atoms with van der Waals surface area (Å²) in [6, 6.07) is -0.0393. The van der Waals surface area contributed by atoms with Crippen LogP contribution in [0.5, 0.6) is 0 Å². The van der Waals surface area contributed by atoms with Crippen molar-refractivity contribution in [2.24, 2.45) is 29.6 Å². The van der Waals surface area contributed by atoms with Gasteiger partial charge in [-0.05, 0) is 50.4 Å². The van der Waals surface area contributed by atoms with E-state index in [2.05, 4.69) is 5.32 Å². The zero-order chi connectivity index (χ0) is 15.9. The number of fused-ring (bicyclic) bond motifs is 2. The number of rotatable bonds is 3. The van der Waals surface area contributed by atoms with Gasteiger partial charge in [-0.25, -0.2) is 0 Å². The van der Waals surface area contributed by atoms with Gasteiger partial charge in [0.25, 0.3) is 0 Å². The van der Waals surface area contributed by atoms with E-state index in [1.165, 1.54) is 0 Å². The molecule has 126 valence electrons. The Hall–Kier alpha value is -0.780. The summed E-state index contributed by atoms with van der Waals surface area (Å²) in [5, 5.41) is 12.5. The smallest absolute Gasteiger partial charge is 0.391 e. The standard InChI is InChI=1S/C16H24F3NO2/c17-16(18,19)12-3-1-2-11(7-12)15(22)20-14-10-5-4-9(6-10)13(14)8-21/h9-14,21H,1-8H2,(H,20,22). The molecule has 3 aliphatic rings. The highest BCUT2D eigenvalue weighted by Gasteiger charge is 2.49. The Morgan fingerprint density at radius 3 is 2.50 bits per heavy atom. The minimum absolute atomic E-state index is 0.0393. The summed E-state index contributed by atoms with van der Waals surface area (Å²) in [5.41, 5.74) is 0. The van der Waals surface area contributed by atoms with E-state index in [-0.39, 0.29) is 37.3 Å². The molecule has 3 nitrogen and oxygen atoms in total. The lowest BCUT2D eigenvalue weighted by atomic mass is 9.79. The maximum atomic E-state index is 12.9. The lowest BCUT2D eigenvalue weighted by Gasteiger charge is -2.34. The van der Waals surface area contributed by atoms with Crippen LogP contribution in [0.4, 0.5) is 13.2 Å². The Morgan fingerprint density at radius 1 is 1.09 bits per heavy atom. The first kappa shape index (κ1) is 16.1. The highest BCUT2D eigenvalue weighted by molar-refractivity contribution is 5.79. The fourth-order valence-electron chi connectivity index (χ4n) is 4.91. The van der Waals surface area contributed by atoms with Gasteiger partial charge in [0.1, 0.15) is 0 Å². The van der Waals surface area contributed by atoms with Crippen molar-refractivity contribution < 1.29 is 23.1 Å². The Bertz CT molecular complexity index is 426. The molecular formula is C16H24F3NO2. The van der Waals surface area contributed by atoms with Crippen molar-refractivity contribution in [2.75, 3.05) is 6.61 Å². The zero-order valence-corrected chi connectivity index (χ0v) is 12.6. The molecule has 2 N–H and O–H groups in total. The molecule has 0 heterocycles. The van der Waals surface area contributed by atoms with Crippen LogP contribution in [0.3, 0.4) is 0 Å². The molecule has 22 heavy (non-hydrogen) atoms. The van der Waals surface area contributed by atoms with Crippen molar-refractivity contribution in [3.8, 4) is 0 Å². The van der Waals surface area contributed by atoms with E-state index in [4.69, 9.17) is 0 Å². The molecule has 0 aromatic rings. The van der Waals surface area contributed by atoms with Crippen molar-refractivity contribution >= 4 is 5.91 Å². The second kappa shape index (κ2) is 6.02. The number of amides is 1. The zero-order valence-electron chi connectivity index (χ0n) is 12.6. The average molecular weight is 319 g/mol. The van der Waals surface area contributed by atoms with E-state index in [0.29, 0.717) is 24.7 Å². The summed E-state index contributed by atoms with van der Waals surface area (Å²) in [7, 11) is 0. The van der Waals surface area contributed by atoms with Crippen LogP contribution in [0.25, 0.3) is 0 Å². The van der Waals surface area contributed by atoms with Gasteiger partial charge in [0, 0.05) is 24.5 Å². The third-order valence-electron chi connectivity index (χ3n) is 6.12. The number of nitrogens with one attached hydrogen (secondary N) is 1. The Morgan fingerprint density at radius 2 is 1.82 bits per heavy atom. The molecule has 3 saturated carbocycles. The second-order valence-corrected chi connectivity index (χ2v) is 7.32. The Labute approximate surface area is 128 Å². The third kappa shape index (κ3) is 2.99. The van der Waals surface area contributed by atoms with Gasteiger partial charge in [-0.3, -0.25) is 4.79 Å². The molecule has 0 spiro atoms. The van der Waals surface area contributed by atoms with Crippen LogP contribution in [-0.2, 0) is 4.79 Å². The van der Waals surface area contributed by atoms with Crippen molar-refractivity contribution in [2.45, 2.75) is 57.2 Å². The second-order valence-electron chi connectivity index (χ2n) is 7.32. The van der Waals surface area contributed by atoms with Crippen LogP contribution in [0.15, 0.2) is 0 Å². The SMILES string of the molecule is O=C(NC1C2CCC(C2)C1CO)C1CCCC(C(F)(F)F)C1. The highest BCUT2D eigenvalue weighted by atomic mass is 19.4. The molecule has 6 unspecified atom stereocenters. The topological polar surface area (TPSA) is 49.3 Å². The average Bonchev–Trinajstić information content (AvgIpc) is 3.07. The number of hydrogen-bond donors (Lipinski definition) is 2. The monoisotopic (exact) mass is 319 g/mol. The van der Waals surface area contributed by atoms with Gasteiger partial charge in [-0.1, -0.05) is 6.42 Å². The fourth-order valence-corrected chi connectivity index (χ4v) is 4.91. The van der Waals surface area contributed by atoms with Crippen LogP contribution in [0, 0.1) is 29.6 Å². The summed E-state index contributed by atoms with van der Waals surface area (Å²) >= 11 is 0. The van der Waals surface area contributed by atoms with Crippen LogP contribution < -0.4 is 5.32 Å². The largest absolute Gasteiger partial charge is 0.396 e. The maximum absolute atomic E-state index is 12.9. The highest BCUT2D eigenvalue weighted by Crippen LogP contribution is 2.48. The van der Waals surface area contributed by atoms with Crippen molar-refractivity contribution in [1.29, 1.82) is 0 Å².